The SMILES string of the molecule is CCC(C)C(NC(C)=O)C(=O)N1CC2CC(C1)c1cccc(=O)n1C2. The zero-order valence-electron chi connectivity index (χ0n) is 15.2. The number of hydrogen-bond acceptors (Lipinski definition) is 3. The number of aromatic nitrogens is 1. The maximum Gasteiger partial charge on any atom is 0.250 e. The Labute approximate surface area is 148 Å². The predicted octanol–water partition coefficient (Wildman–Crippen LogP) is 1.34. The van der Waals surface area contributed by atoms with Crippen molar-refractivity contribution in [1.82, 2.24) is 14.8 Å². The number of piperidine rings is 1. The minimum Gasteiger partial charge on any atom is -0.344 e. The van der Waals surface area contributed by atoms with Gasteiger partial charge in [0, 0.05) is 44.2 Å². The molecule has 136 valence electrons. The smallest absolute Gasteiger partial charge is 0.250 e. The van der Waals surface area contributed by atoms with Crippen LogP contribution >= 0.6 is 0 Å². The van der Waals surface area contributed by atoms with Gasteiger partial charge in [0.25, 0.3) is 5.56 Å². The van der Waals surface area contributed by atoms with Gasteiger partial charge in [-0.2, -0.15) is 0 Å². The Morgan fingerprint density at radius 1 is 1.28 bits per heavy atom. The molecule has 1 saturated heterocycles. The number of pyridine rings is 1. The van der Waals surface area contributed by atoms with Crippen molar-refractivity contribution in [2.75, 3.05) is 13.1 Å². The fraction of sp³-hybridized carbons (Fsp3) is 0.632. The molecule has 3 rings (SSSR count). The van der Waals surface area contributed by atoms with E-state index in [1.165, 1.54) is 6.92 Å². The van der Waals surface area contributed by atoms with Crippen LogP contribution in [0.2, 0.25) is 0 Å². The van der Waals surface area contributed by atoms with Gasteiger partial charge in [-0.1, -0.05) is 26.3 Å². The average Bonchev–Trinajstić information content (AvgIpc) is 2.59. The molecular formula is C19H27N3O3. The Hall–Kier alpha value is -2.11. The standard InChI is InChI=1S/C19H27N3O3/c1-4-12(2)18(20-13(3)23)19(25)21-9-14-8-15(11-21)16-6-5-7-17(24)22(16)10-14/h5-7,12,14-15,18H,4,8-11H2,1-3H3,(H,20,23). The van der Waals surface area contributed by atoms with Crippen molar-refractivity contribution >= 4 is 11.8 Å². The van der Waals surface area contributed by atoms with E-state index in [0.29, 0.717) is 25.6 Å². The third-order valence-corrected chi connectivity index (χ3v) is 5.63. The molecule has 6 nitrogen and oxygen atoms in total. The summed E-state index contributed by atoms with van der Waals surface area (Å²) in [6, 6.07) is 4.92. The van der Waals surface area contributed by atoms with Crippen LogP contribution in [0.15, 0.2) is 23.0 Å². The summed E-state index contributed by atoms with van der Waals surface area (Å²) in [5.41, 5.74) is 1.07. The molecule has 2 aliphatic heterocycles. The maximum absolute atomic E-state index is 13.1. The Morgan fingerprint density at radius 3 is 2.72 bits per heavy atom. The first-order valence-corrected chi connectivity index (χ1v) is 9.16. The summed E-state index contributed by atoms with van der Waals surface area (Å²) in [5.74, 6) is 0.414. The molecule has 6 heteroatoms. The third kappa shape index (κ3) is 3.48. The lowest BCUT2D eigenvalue weighted by atomic mass is 9.82. The lowest BCUT2D eigenvalue weighted by Crippen LogP contribution is -2.56. The number of nitrogens with zero attached hydrogens (tertiary/aromatic N) is 2. The lowest BCUT2D eigenvalue weighted by Gasteiger charge is -2.44. The van der Waals surface area contributed by atoms with Crippen LogP contribution in [0.1, 0.15) is 45.2 Å². The first-order chi connectivity index (χ1) is 11.9. The molecule has 1 fully saturated rings. The molecule has 4 atom stereocenters. The van der Waals surface area contributed by atoms with E-state index in [1.54, 1.807) is 12.1 Å². The highest BCUT2D eigenvalue weighted by Gasteiger charge is 2.39. The van der Waals surface area contributed by atoms with Crippen molar-refractivity contribution < 1.29 is 9.59 Å². The summed E-state index contributed by atoms with van der Waals surface area (Å²) >= 11 is 0. The fourth-order valence-corrected chi connectivity index (χ4v) is 4.18. The predicted molar refractivity (Wildman–Crippen MR) is 95.2 cm³/mol. The fourth-order valence-electron chi connectivity index (χ4n) is 4.18. The highest BCUT2D eigenvalue weighted by Crippen LogP contribution is 2.35. The Balaban J connectivity index is 1.82. The van der Waals surface area contributed by atoms with E-state index >= 15 is 0 Å². The molecule has 1 aromatic heterocycles. The van der Waals surface area contributed by atoms with Gasteiger partial charge in [0.2, 0.25) is 11.8 Å². The second kappa shape index (κ2) is 7.02. The van der Waals surface area contributed by atoms with E-state index in [2.05, 4.69) is 5.32 Å². The van der Waals surface area contributed by atoms with Crippen LogP contribution in [0.3, 0.4) is 0 Å². The van der Waals surface area contributed by atoms with Gasteiger partial charge < -0.3 is 14.8 Å². The van der Waals surface area contributed by atoms with Crippen molar-refractivity contribution in [3.63, 3.8) is 0 Å². The topological polar surface area (TPSA) is 71.4 Å². The summed E-state index contributed by atoms with van der Waals surface area (Å²) in [4.78, 5) is 38.6. The van der Waals surface area contributed by atoms with Gasteiger partial charge in [-0.3, -0.25) is 14.4 Å². The van der Waals surface area contributed by atoms with Crippen LogP contribution in [0.4, 0.5) is 0 Å². The number of carbonyl (C=O) groups is 2. The summed E-state index contributed by atoms with van der Waals surface area (Å²) in [6.07, 6.45) is 1.84. The number of carbonyl (C=O) groups excluding carboxylic acids is 2. The molecule has 2 bridgehead atoms. The summed E-state index contributed by atoms with van der Waals surface area (Å²) < 4.78 is 1.86. The quantitative estimate of drug-likeness (QED) is 0.895. The van der Waals surface area contributed by atoms with Crippen molar-refractivity contribution in [3.8, 4) is 0 Å². The van der Waals surface area contributed by atoms with Crippen molar-refractivity contribution in [2.45, 2.75) is 52.1 Å². The van der Waals surface area contributed by atoms with E-state index in [0.717, 1.165) is 18.5 Å². The molecule has 3 heterocycles. The second-order valence-electron chi connectivity index (χ2n) is 7.51. The van der Waals surface area contributed by atoms with Gasteiger partial charge in [0.15, 0.2) is 0 Å². The molecule has 0 aromatic carbocycles. The first-order valence-electron chi connectivity index (χ1n) is 9.16. The van der Waals surface area contributed by atoms with E-state index in [1.807, 2.05) is 29.4 Å². The molecule has 0 aliphatic carbocycles. The summed E-state index contributed by atoms with van der Waals surface area (Å²) in [7, 11) is 0. The van der Waals surface area contributed by atoms with Crippen molar-refractivity contribution in [2.24, 2.45) is 11.8 Å². The Bertz CT molecular complexity index is 727. The van der Waals surface area contributed by atoms with Crippen molar-refractivity contribution in [1.29, 1.82) is 0 Å². The number of amides is 2. The molecule has 2 aliphatic rings. The van der Waals surface area contributed by atoms with Gasteiger partial charge in [-0.25, -0.2) is 0 Å². The lowest BCUT2D eigenvalue weighted by molar-refractivity contribution is -0.140. The molecule has 1 aromatic rings. The summed E-state index contributed by atoms with van der Waals surface area (Å²) in [5, 5.41) is 2.84. The van der Waals surface area contributed by atoms with Gasteiger partial charge in [0.1, 0.15) is 6.04 Å². The zero-order valence-corrected chi connectivity index (χ0v) is 15.2. The highest BCUT2D eigenvalue weighted by atomic mass is 16.2. The molecule has 1 N–H and O–H groups in total. The minimum absolute atomic E-state index is 0.00554. The molecule has 25 heavy (non-hydrogen) atoms. The molecule has 4 unspecified atom stereocenters. The van der Waals surface area contributed by atoms with E-state index in [-0.39, 0.29) is 29.2 Å². The minimum atomic E-state index is -0.473. The first kappa shape index (κ1) is 17.7. The van der Waals surface area contributed by atoms with Crippen LogP contribution in [0.5, 0.6) is 0 Å². The average molecular weight is 345 g/mol. The molecule has 0 saturated carbocycles. The number of likely N-dealkylation sites (tertiary alicyclic amines) is 1. The van der Waals surface area contributed by atoms with Crippen LogP contribution in [-0.4, -0.2) is 40.4 Å². The molecule has 0 spiro atoms. The van der Waals surface area contributed by atoms with Crippen LogP contribution in [0.25, 0.3) is 0 Å². The van der Waals surface area contributed by atoms with Gasteiger partial charge in [-0.15, -0.1) is 0 Å². The van der Waals surface area contributed by atoms with E-state index in [4.69, 9.17) is 0 Å². The largest absolute Gasteiger partial charge is 0.344 e. The number of fused-ring (bicyclic) bond motifs is 4. The second-order valence-corrected chi connectivity index (χ2v) is 7.51. The van der Waals surface area contributed by atoms with E-state index < -0.39 is 6.04 Å². The Kier molecular flexibility index (Phi) is 4.97. The van der Waals surface area contributed by atoms with Crippen LogP contribution < -0.4 is 10.9 Å². The summed E-state index contributed by atoms with van der Waals surface area (Å²) in [6.45, 7) is 7.42. The molecule has 0 radical (unpaired) electrons. The Morgan fingerprint density at radius 2 is 2.04 bits per heavy atom. The normalized spacial score (nSPS) is 24.2. The van der Waals surface area contributed by atoms with Gasteiger partial charge in [-0.05, 0) is 24.3 Å². The maximum atomic E-state index is 13.1. The van der Waals surface area contributed by atoms with Gasteiger partial charge >= 0.3 is 0 Å². The van der Waals surface area contributed by atoms with Crippen LogP contribution in [0, 0.1) is 11.8 Å². The number of hydrogen-bond donors (Lipinski definition) is 1. The van der Waals surface area contributed by atoms with Crippen LogP contribution in [-0.2, 0) is 16.1 Å². The number of nitrogens with one attached hydrogen (secondary N) is 1. The monoisotopic (exact) mass is 345 g/mol. The van der Waals surface area contributed by atoms with E-state index in [9.17, 15) is 14.4 Å². The molecular weight excluding hydrogens is 318 g/mol. The zero-order chi connectivity index (χ0) is 18.1. The number of rotatable bonds is 4. The van der Waals surface area contributed by atoms with Crippen molar-refractivity contribution in [3.05, 3.63) is 34.2 Å². The van der Waals surface area contributed by atoms with Gasteiger partial charge in [0.05, 0.1) is 0 Å². The highest BCUT2D eigenvalue weighted by molar-refractivity contribution is 5.87. The third-order valence-electron chi connectivity index (χ3n) is 5.63. The molecule has 2 amide bonds.